The van der Waals surface area contributed by atoms with Crippen molar-refractivity contribution in [3.05, 3.63) is 138 Å². The molecule has 0 saturated heterocycles. The zero-order valence-corrected chi connectivity index (χ0v) is 17.6. The van der Waals surface area contributed by atoms with Crippen molar-refractivity contribution >= 4 is 17.7 Å². The molecular formula is C27H23NOS. The van der Waals surface area contributed by atoms with Gasteiger partial charge in [0.2, 0.25) is 0 Å². The second-order valence-corrected chi connectivity index (χ2v) is 7.91. The summed E-state index contributed by atoms with van der Waals surface area (Å²) in [5.74, 6) is -0.112. The normalized spacial score (nSPS) is 11.1. The van der Waals surface area contributed by atoms with Crippen molar-refractivity contribution in [1.29, 1.82) is 0 Å². The van der Waals surface area contributed by atoms with Gasteiger partial charge in [-0.3, -0.25) is 4.79 Å². The summed E-state index contributed by atoms with van der Waals surface area (Å²) in [6.07, 6.45) is 2.03. The minimum Gasteiger partial charge on any atom is -0.334 e. The fourth-order valence-electron chi connectivity index (χ4n) is 3.77. The highest BCUT2D eigenvalue weighted by atomic mass is 32.2. The number of carbonyl (C=O) groups excluding carboxylic acids is 1. The number of hydrogen-bond donors (Lipinski definition) is 1. The van der Waals surface area contributed by atoms with E-state index in [1.165, 1.54) is 0 Å². The van der Waals surface area contributed by atoms with Crippen LogP contribution in [0, 0.1) is 0 Å². The van der Waals surface area contributed by atoms with Gasteiger partial charge in [0.15, 0.2) is 0 Å². The monoisotopic (exact) mass is 409 g/mol. The van der Waals surface area contributed by atoms with E-state index in [4.69, 9.17) is 0 Å². The molecule has 4 rings (SSSR count). The third kappa shape index (κ3) is 3.89. The lowest BCUT2D eigenvalue weighted by molar-refractivity contribution is 0.0925. The summed E-state index contributed by atoms with van der Waals surface area (Å²) in [5, 5.41) is 3.39. The van der Waals surface area contributed by atoms with Gasteiger partial charge in [0, 0.05) is 10.5 Å². The van der Waals surface area contributed by atoms with Crippen LogP contribution in [0.4, 0.5) is 0 Å². The standard InChI is InChI=1S/C27H23NOS/c1-30-25-19-17-21(18-20-25)26(29)28-27(22-11-5-2-6-12-22,23-13-7-3-8-14-23)24-15-9-4-10-16-24/h2-20H,1H3,(H,28,29). The molecule has 0 spiro atoms. The van der Waals surface area contributed by atoms with Gasteiger partial charge in [0.1, 0.15) is 5.54 Å². The van der Waals surface area contributed by atoms with Crippen molar-refractivity contribution < 1.29 is 4.79 Å². The van der Waals surface area contributed by atoms with Crippen LogP contribution in [0.3, 0.4) is 0 Å². The zero-order chi connectivity index (χ0) is 20.8. The van der Waals surface area contributed by atoms with E-state index in [0.29, 0.717) is 5.56 Å². The van der Waals surface area contributed by atoms with Gasteiger partial charge >= 0.3 is 0 Å². The van der Waals surface area contributed by atoms with Crippen LogP contribution < -0.4 is 5.32 Å². The van der Waals surface area contributed by atoms with E-state index < -0.39 is 5.54 Å². The maximum absolute atomic E-state index is 13.5. The van der Waals surface area contributed by atoms with Crippen molar-refractivity contribution in [2.45, 2.75) is 10.4 Å². The first-order valence-electron chi connectivity index (χ1n) is 9.87. The van der Waals surface area contributed by atoms with Gasteiger partial charge in [-0.25, -0.2) is 0 Å². The van der Waals surface area contributed by atoms with Crippen LogP contribution in [0.25, 0.3) is 0 Å². The Hall–Kier alpha value is -3.30. The first-order chi connectivity index (χ1) is 14.7. The highest BCUT2D eigenvalue weighted by Gasteiger charge is 2.38. The lowest BCUT2D eigenvalue weighted by atomic mass is 9.77. The third-order valence-corrected chi connectivity index (χ3v) is 6.02. The van der Waals surface area contributed by atoms with E-state index in [2.05, 4.69) is 41.7 Å². The molecule has 1 N–H and O–H groups in total. The Balaban J connectivity index is 1.89. The molecule has 1 amide bonds. The number of thioether (sulfide) groups is 1. The summed E-state index contributed by atoms with van der Waals surface area (Å²) >= 11 is 1.66. The van der Waals surface area contributed by atoms with Crippen LogP contribution in [0.15, 0.2) is 120 Å². The summed E-state index contributed by atoms with van der Waals surface area (Å²) in [6.45, 7) is 0. The zero-order valence-electron chi connectivity index (χ0n) is 16.8. The van der Waals surface area contributed by atoms with Gasteiger partial charge in [-0.2, -0.15) is 0 Å². The van der Waals surface area contributed by atoms with E-state index in [1.54, 1.807) is 11.8 Å². The summed E-state index contributed by atoms with van der Waals surface area (Å²) in [6, 6.07) is 38.2. The lowest BCUT2D eigenvalue weighted by Gasteiger charge is -2.37. The molecule has 0 atom stereocenters. The fourth-order valence-corrected chi connectivity index (χ4v) is 4.17. The highest BCUT2D eigenvalue weighted by molar-refractivity contribution is 7.98. The molecule has 148 valence electrons. The Morgan fingerprint density at radius 3 is 1.40 bits per heavy atom. The number of nitrogens with one attached hydrogen (secondary N) is 1. The average Bonchev–Trinajstić information content (AvgIpc) is 2.84. The van der Waals surface area contributed by atoms with E-state index in [1.807, 2.05) is 85.1 Å². The molecular weight excluding hydrogens is 386 g/mol. The molecule has 0 aliphatic rings. The molecule has 0 fully saturated rings. The lowest BCUT2D eigenvalue weighted by Crippen LogP contribution is -2.47. The predicted octanol–water partition coefficient (Wildman–Crippen LogP) is 6.13. The molecule has 0 heterocycles. The maximum Gasteiger partial charge on any atom is 0.252 e. The van der Waals surface area contributed by atoms with Crippen molar-refractivity contribution in [2.24, 2.45) is 0 Å². The molecule has 30 heavy (non-hydrogen) atoms. The van der Waals surface area contributed by atoms with Gasteiger partial charge in [-0.05, 0) is 47.2 Å². The number of hydrogen-bond acceptors (Lipinski definition) is 2. The second-order valence-electron chi connectivity index (χ2n) is 7.03. The van der Waals surface area contributed by atoms with E-state index >= 15 is 0 Å². The molecule has 4 aromatic rings. The molecule has 0 saturated carbocycles. The number of amides is 1. The van der Waals surface area contributed by atoms with Crippen molar-refractivity contribution in [3.8, 4) is 0 Å². The van der Waals surface area contributed by atoms with Crippen LogP contribution in [-0.4, -0.2) is 12.2 Å². The Morgan fingerprint density at radius 1 is 0.633 bits per heavy atom. The largest absolute Gasteiger partial charge is 0.334 e. The van der Waals surface area contributed by atoms with Crippen molar-refractivity contribution in [3.63, 3.8) is 0 Å². The van der Waals surface area contributed by atoms with Crippen LogP contribution >= 0.6 is 11.8 Å². The first-order valence-corrected chi connectivity index (χ1v) is 11.1. The summed E-state index contributed by atoms with van der Waals surface area (Å²) in [4.78, 5) is 14.6. The Morgan fingerprint density at radius 2 is 1.03 bits per heavy atom. The molecule has 0 bridgehead atoms. The van der Waals surface area contributed by atoms with Crippen LogP contribution in [0.5, 0.6) is 0 Å². The highest BCUT2D eigenvalue weighted by Crippen LogP contribution is 2.37. The molecule has 0 aromatic heterocycles. The quantitative estimate of drug-likeness (QED) is 0.307. The SMILES string of the molecule is CSc1ccc(C(=O)NC(c2ccccc2)(c2ccccc2)c2ccccc2)cc1. The molecule has 0 radical (unpaired) electrons. The van der Waals surface area contributed by atoms with Gasteiger partial charge in [-0.1, -0.05) is 91.0 Å². The second kappa shape index (κ2) is 9.02. The van der Waals surface area contributed by atoms with Crippen LogP contribution in [-0.2, 0) is 5.54 Å². The Kier molecular flexibility index (Phi) is 6.01. The molecule has 3 heteroatoms. The number of rotatable bonds is 6. The number of carbonyl (C=O) groups is 1. The fraction of sp³-hybridized carbons (Fsp3) is 0.0741. The summed E-state index contributed by atoms with van der Waals surface area (Å²) < 4.78 is 0. The molecule has 0 unspecified atom stereocenters. The van der Waals surface area contributed by atoms with E-state index in [-0.39, 0.29) is 5.91 Å². The smallest absolute Gasteiger partial charge is 0.252 e. The molecule has 0 aliphatic heterocycles. The topological polar surface area (TPSA) is 29.1 Å². The van der Waals surface area contributed by atoms with Gasteiger partial charge in [0.25, 0.3) is 5.91 Å². The van der Waals surface area contributed by atoms with Crippen molar-refractivity contribution in [2.75, 3.05) is 6.26 Å². The molecule has 0 aliphatic carbocycles. The first kappa shape index (κ1) is 20.0. The Labute approximate surface area is 182 Å². The van der Waals surface area contributed by atoms with Gasteiger partial charge in [0.05, 0.1) is 0 Å². The minimum absolute atomic E-state index is 0.112. The summed E-state index contributed by atoms with van der Waals surface area (Å²) in [7, 11) is 0. The number of benzene rings is 4. The van der Waals surface area contributed by atoms with Gasteiger partial charge < -0.3 is 5.32 Å². The summed E-state index contributed by atoms with van der Waals surface area (Å²) in [5.41, 5.74) is 2.86. The predicted molar refractivity (Wildman–Crippen MR) is 125 cm³/mol. The molecule has 2 nitrogen and oxygen atoms in total. The van der Waals surface area contributed by atoms with E-state index in [9.17, 15) is 4.79 Å². The van der Waals surface area contributed by atoms with E-state index in [0.717, 1.165) is 21.6 Å². The third-order valence-electron chi connectivity index (χ3n) is 5.27. The minimum atomic E-state index is -0.807. The maximum atomic E-state index is 13.5. The van der Waals surface area contributed by atoms with Crippen LogP contribution in [0.1, 0.15) is 27.0 Å². The Bertz CT molecular complexity index is 997. The molecule has 4 aromatic carbocycles. The van der Waals surface area contributed by atoms with Gasteiger partial charge in [-0.15, -0.1) is 11.8 Å². The van der Waals surface area contributed by atoms with Crippen molar-refractivity contribution in [1.82, 2.24) is 5.32 Å². The average molecular weight is 410 g/mol. The van der Waals surface area contributed by atoms with Crippen LogP contribution in [0.2, 0.25) is 0 Å².